The zero-order chi connectivity index (χ0) is 13.9. The van der Waals surface area contributed by atoms with Gasteiger partial charge in [-0.2, -0.15) is 0 Å². The predicted octanol–water partition coefficient (Wildman–Crippen LogP) is 1.21. The molecule has 0 aliphatic carbocycles. The molecule has 18 heavy (non-hydrogen) atoms. The summed E-state index contributed by atoms with van der Waals surface area (Å²) in [6, 6.07) is 0.673. The third-order valence-corrected chi connectivity index (χ3v) is 1.86. The average Bonchev–Trinajstić information content (AvgIpc) is 2.19. The molecule has 0 radical (unpaired) electrons. The van der Waals surface area contributed by atoms with E-state index in [1.807, 2.05) is 0 Å². The summed E-state index contributed by atoms with van der Waals surface area (Å²) in [6.45, 7) is -0.251. The number of halogens is 4. The number of carboxylic acid groups (broad SMARTS) is 1. The number of carbonyl (C=O) groups is 1. The van der Waals surface area contributed by atoms with Gasteiger partial charge in [0.15, 0.2) is 5.82 Å². The van der Waals surface area contributed by atoms with Gasteiger partial charge < -0.3 is 15.6 Å². The van der Waals surface area contributed by atoms with Crippen molar-refractivity contribution in [1.82, 2.24) is 4.98 Å². The molecule has 0 aromatic carbocycles. The molecule has 0 unspecified atom stereocenters. The molecule has 5 nitrogen and oxygen atoms in total. The summed E-state index contributed by atoms with van der Waals surface area (Å²) in [5, 5.41) is 8.54. The van der Waals surface area contributed by atoms with E-state index in [2.05, 4.69) is 9.72 Å². The highest BCUT2D eigenvalue weighted by Gasteiger charge is 2.33. The molecule has 0 aliphatic rings. The van der Waals surface area contributed by atoms with E-state index in [1.54, 1.807) is 0 Å². The van der Waals surface area contributed by atoms with Gasteiger partial charge in [-0.3, -0.25) is 4.79 Å². The van der Waals surface area contributed by atoms with E-state index in [9.17, 15) is 22.4 Å². The van der Waals surface area contributed by atoms with Gasteiger partial charge in [0.2, 0.25) is 0 Å². The third kappa shape index (κ3) is 3.84. The normalized spacial score (nSPS) is 11.4. The molecule has 3 N–H and O–H groups in total. The highest BCUT2D eigenvalue weighted by atomic mass is 19.4. The fraction of sp³-hybridized carbons (Fsp3) is 0.333. The van der Waals surface area contributed by atoms with Crippen LogP contribution in [-0.4, -0.2) is 22.4 Å². The molecule has 0 saturated heterocycles. The molecule has 0 bridgehead atoms. The fourth-order valence-corrected chi connectivity index (χ4v) is 1.20. The van der Waals surface area contributed by atoms with Crippen LogP contribution in [0.25, 0.3) is 0 Å². The fourth-order valence-electron chi connectivity index (χ4n) is 1.20. The molecular weight excluding hydrogens is 260 g/mol. The predicted molar refractivity (Wildman–Crippen MR) is 50.1 cm³/mol. The number of ether oxygens (including phenoxy) is 1. The van der Waals surface area contributed by atoms with Crippen molar-refractivity contribution in [1.29, 1.82) is 0 Å². The van der Waals surface area contributed by atoms with Gasteiger partial charge in [-0.25, -0.2) is 9.37 Å². The van der Waals surface area contributed by atoms with Crippen LogP contribution < -0.4 is 10.5 Å². The molecule has 1 aromatic rings. The first-order chi connectivity index (χ1) is 8.23. The van der Waals surface area contributed by atoms with Crippen LogP contribution in [0, 0.1) is 5.82 Å². The van der Waals surface area contributed by atoms with Crippen molar-refractivity contribution >= 4 is 5.97 Å². The minimum Gasteiger partial charge on any atom is -0.481 e. The number of hydrogen-bond acceptors (Lipinski definition) is 4. The standard InChI is InChI=1S/C9H8F4N2O3/c10-5-1-4(3-14)6(2-7(16)17)15-8(5)18-9(11,12)13/h1H,2-3,14H2,(H,16,17). The van der Waals surface area contributed by atoms with E-state index in [4.69, 9.17) is 10.8 Å². The molecule has 1 aromatic heterocycles. The molecule has 0 amide bonds. The maximum absolute atomic E-state index is 13.2. The first-order valence-electron chi connectivity index (χ1n) is 4.59. The highest BCUT2D eigenvalue weighted by molar-refractivity contribution is 5.70. The second-order valence-electron chi connectivity index (χ2n) is 3.20. The largest absolute Gasteiger partial charge is 0.574 e. The van der Waals surface area contributed by atoms with Crippen molar-refractivity contribution in [3.05, 3.63) is 23.1 Å². The third-order valence-electron chi connectivity index (χ3n) is 1.86. The molecule has 0 aliphatic heterocycles. The Kier molecular flexibility index (Phi) is 4.07. The molecule has 1 heterocycles. The Morgan fingerprint density at radius 3 is 2.56 bits per heavy atom. The van der Waals surface area contributed by atoms with Gasteiger partial charge in [0.1, 0.15) is 0 Å². The van der Waals surface area contributed by atoms with Gasteiger partial charge in [0, 0.05) is 6.54 Å². The topological polar surface area (TPSA) is 85.4 Å². The zero-order valence-corrected chi connectivity index (χ0v) is 8.79. The Balaban J connectivity index is 3.16. The van der Waals surface area contributed by atoms with Crippen molar-refractivity contribution in [2.24, 2.45) is 5.73 Å². The monoisotopic (exact) mass is 268 g/mol. The van der Waals surface area contributed by atoms with Gasteiger partial charge in [-0.05, 0) is 11.6 Å². The van der Waals surface area contributed by atoms with Crippen molar-refractivity contribution in [3.63, 3.8) is 0 Å². The molecule has 0 spiro atoms. The van der Waals surface area contributed by atoms with Crippen LogP contribution in [0.3, 0.4) is 0 Å². The zero-order valence-electron chi connectivity index (χ0n) is 8.79. The van der Waals surface area contributed by atoms with E-state index in [0.29, 0.717) is 6.07 Å². The van der Waals surface area contributed by atoms with Crippen molar-refractivity contribution in [2.75, 3.05) is 0 Å². The average molecular weight is 268 g/mol. The second-order valence-corrected chi connectivity index (χ2v) is 3.20. The highest BCUT2D eigenvalue weighted by Crippen LogP contribution is 2.25. The van der Waals surface area contributed by atoms with Crippen LogP contribution in [0.15, 0.2) is 6.07 Å². The Morgan fingerprint density at radius 1 is 1.50 bits per heavy atom. The molecule has 0 atom stereocenters. The summed E-state index contributed by atoms with van der Waals surface area (Å²) in [6.07, 6.45) is -5.79. The smallest absolute Gasteiger partial charge is 0.481 e. The number of rotatable bonds is 4. The molecule has 1 rings (SSSR count). The summed E-state index contributed by atoms with van der Waals surface area (Å²) < 4.78 is 52.3. The second kappa shape index (κ2) is 5.17. The quantitative estimate of drug-likeness (QED) is 0.801. The summed E-state index contributed by atoms with van der Waals surface area (Å²) >= 11 is 0. The summed E-state index contributed by atoms with van der Waals surface area (Å²) in [7, 11) is 0. The number of aromatic nitrogens is 1. The van der Waals surface area contributed by atoms with Crippen LogP contribution >= 0.6 is 0 Å². The Morgan fingerprint density at radius 2 is 2.11 bits per heavy atom. The first kappa shape index (κ1) is 14.2. The lowest BCUT2D eigenvalue weighted by molar-refractivity contribution is -0.277. The number of carboxylic acids is 1. The molecule has 0 saturated carbocycles. The Hall–Kier alpha value is -1.90. The number of pyridine rings is 1. The molecular formula is C9H8F4N2O3. The maximum Gasteiger partial charge on any atom is 0.574 e. The summed E-state index contributed by atoms with van der Waals surface area (Å²) in [5.41, 5.74) is 4.94. The van der Waals surface area contributed by atoms with Crippen LogP contribution in [0.4, 0.5) is 17.6 Å². The lowest BCUT2D eigenvalue weighted by atomic mass is 10.1. The number of aliphatic carboxylic acids is 1. The minimum atomic E-state index is -5.11. The van der Waals surface area contributed by atoms with Crippen molar-refractivity contribution in [2.45, 2.75) is 19.3 Å². The van der Waals surface area contributed by atoms with Crippen molar-refractivity contribution < 1.29 is 32.2 Å². The van der Waals surface area contributed by atoms with Gasteiger partial charge in [0.05, 0.1) is 12.1 Å². The van der Waals surface area contributed by atoms with E-state index in [-0.39, 0.29) is 17.8 Å². The van der Waals surface area contributed by atoms with Crippen molar-refractivity contribution in [3.8, 4) is 5.88 Å². The maximum atomic E-state index is 13.2. The van der Waals surface area contributed by atoms with Gasteiger partial charge in [-0.1, -0.05) is 0 Å². The van der Waals surface area contributed by atoms with Gasteiger partial charge in [-0.15, -0.1) is 13.2 Å². The van der Waals surface area contributed by atoms with Crippen LogP contribution in [0.2, 0.25) is 0 Å². The van der Waals surface area contributed by atoms with Gasteiger partial charge in [0.25, 0.3) is 5.88 Å². The number of nitrogens with two attached hydrogens (primary N) is 1. The summed E-state index contributed by atoms with van der Waals surface area (Å²) in [4.78, 5) is 13.7. The number of hydrogen-bond donors (Lipinski definition) is 2. The van der Waals surface area contributed by atoms with E-state index < -0.39 is 30.4 Å². The lowest BCUT2D eigenvalue weighted by Gasteiger charge is -2.12. The SMILES string of the molecule is NCc1cc(F)c(OC(F)(F)F)nc1CC(=O)O. The molecule has 100 valence electrons. The Labute approximate surface area is 98.2 Å². The Bertz CT molecular complexity index is 462. The number of alkyl halides is 3. The molecule has 0 fully saturated rings. The van der Waals surface area contributed by atoms with Crippen LogP contribution in [0.5, 0.6) is 5.88 Å². The van der Waals surface area contributed by atoms with Gasteiger partial charge >= 0.3 is 12.3 Å². The van der Waals surface area contributed by atoms with Crippen LogP contribution in [0.1, 0.15) is 11.3 Å². The van der Waals surface area contributed by atoms with E-state index in [1.165, 1.54) is 0 Å². The first-order valence-corrected chi connectivity index (χ1v) is 4.59. The minimum absolute atomic E-state index is 0.00410. The van der Waals surface area contributed by atoms with E-state index >= 15 is 0 Å². The van der Waals surface area contributed by atoms with Crippen LogP contribution in [-0.2, 0) is 17.8 Å². The molecule has 9 heteroatoms. The summed E-state index contributed by atoms with van der Waals surface area (Å²) in [5.74, 6) is -4.01. The number of nitrogens with zero attached hydrogens (tertiary/aromatic N) is 1. The van der Waals surface area contributed by atoms with E-state index in [0.717, 1.165) is 0 Å². The lowest BCUT2D eigenvalue weighted by Crippen LogP contribution is -2.20.